The molecule has 12 heavy (non-hydrogen) atoms. The number of rotatable bonds is 0. The maximum atomic E-state index is 12.1. The predicted octanol–water partition coefficient (Wildman–Crippen LogP) is -0.0921. The summed E-state index contributed by atoms with van der Waals surface area (Å²) >= 11 is 0. The maximum Gasteiger partial charge on any atom is 0.432 e. The highest BCUT2D eigenvalue weighted by molar-refractivity contribution is 6.13. The molecule has 3 nitrogen and oxygen atoms in total. The topological polar surface area (TPSA) is 60.7 Å². The summed E-state index contributed by atoms with van der Waals surface area (Å²) in [5.74, 6) is -2.79. The van der Waals surface area contributed by atoms with Gasteiger partial charge in [-0.05, 0) is 12.1 Å². The summed E-state index contributed by atoms with van der Waals surface area (Å²) in [7, 11) is -0.750. The molecule has 0 radical (unpaired) electrons. The average molecular weight is 176 g/mol. The van der Waals surface area contributed by atoms with Gasteiger partial charge in [-0.3, -0.25) is 0 Å². The van der Waals surface area contributed by atoms with Gasteiger partial charge in [0.15, 0.2) is 17.4 Å². The second-order valence-corrected chi connectivity index (χ2v) is 1.71. The maximum absolute atomic E-state index is 12.1. The van der Waals surface area contributed by atoms with Gasteiger partial charge in [-0.1, -0.05) is 6.07 Å². The van der Waals surface area contributed by atoms with Gasteiger partial charge in [-0.25, -0.2) is 8.78 Å². The molecule has 3 N–H and O–H groups in total. The Bertz CT molecular complexity index is 224. The molecule has 1 rings (SSSR count). The van der Waals surface area contributed by atoms with E-state index < -0.39 is 25.1 Å². The van der Waals surface area contributed by atoms with Crippen LogP contribution in [0.25, 0.3) is 0 Å². The third-order valence-electron chi connectivity index (χ3n) is 0.938. The third kappa shape index (κ3) is 3.31. The Morgan fingerprint density at radius 3 is 1.67 bits per heavy atom. The molecule has 0 bridgehead atoms. The zero-order valence-corrected chi connectivity index (χ0v) is 6.04. The van der Waals surface area contributed by atoms with Gasteiger partial charge in [-0.2, -0.15) is 0 Å². The van der Waals surface area contributed by atoms with Crippen LogP contribution >= 0.6 is 0 Å². The first-order valence-electron chi connectivity index (χ1n) is 2.98. The van der Waals surface area contributed by atoms with Crippen LogP contribution in [0.15, 0.2) is 18.2 Å². The van der Waals surface area contributed by atoms with Crippen molar-refractivity contribution >= 4 is 7.69 Å². The minimum Gasteiger partial charge on any atom is -0.503 e. The minimum absolute atomic E-state index is 0.750. The van der Waals surface area contributed by atoms with Crippen LogP contribution < -0.4 is 0 Å². The van der Waals surface area contributed by atoms with E-state index in [0.717, 1.165) is 12.1 Å². The van der Waals surface area contributed by atoms with Gasteiger partial charge in [0.25, 0.3) is 0 Å². The monoisotopic (exact) mass is 176 g/mol. The van der Waals surface area contributed by atoms with E-state index in [9.17, 15) is 8.78 Å². The molecule has 0 atom stereocenters. The Morgan fingerprint density at radius 2 is 1.42 bits per heavy atom. The lowest BCUT2D eigenvalue weighted by Crippen LogP contribution is -1.78. The molecule has 0 spiro atoms. The Labute approximate surface area is 68.2 Å². The van der Waals surface area contributed by atoms with E-state index in [1.807, 2.05) is 0 Å². The highest BCUT2D eigenvalue weighted by Gasteiger charge is 2.03. The number of hydrogen-bond acceptors (Lipinski definition) is 3. The molecule has 0 amide bonds. The number of benzene rings is 1. The number of hydrogen-bond donors (Lipinski definition) is 3. The van der Waals surface area contributed by atoms with Crippen molar-refractivity contribution in [2.75, 3.05) is 0 Å². The zero-order valence-electron chi connectivity index (χ0n) is 6.04. The molecule has 0 saturated carbocycles. The van der Waals surface area contributed by atoms with Gasteiger partial charge in [0.2, 0.25) is 0 Å². The third-order valence-corrected chi connectivity index (χ3v) is 0.938. The van der Waals surface area contributed by atoms with Crippen molar-refractivity contribution in [1.29, 1.82) is 0 Å². The van der Waals surface area contributed by atoms with Crippen molar-refractivity contribution in [3.63, 3.8) is 0 Å². The molecule has 0 aliphatic heterocycles. The normalized spacial score (nSPS) is 8.33. The number of phenols is 1. The lowest BCUT2D eigenvalue weighted by atomic mass is 10.3. The second kappa shape index (κ2) is 5.51. The van der Waals surface area contributed by atoms with Crippen molar-refractivity contribution in [3.8, 4) is 5.75 Å². The van der Waals surface area contributed by atoms with Crippen LogP contribution in [-0.4, -0.2) is 22.8 Å². The lowest BCUT2D eigenvalue weighted by Gasteiger charge is -1.92. The first-order valence-corrected chi connectivity index (χ1v) is 2.98. The number of halogens is 2. The number of phenolic OH excluding ortho intramolecular Hbond substituents is 1. The summed E-state index contributed by atoms with van der Waals surface area (Å²) in [5, 5.41) is 22.7. The summed E-state index contributed by atoms with van der Waals surface area (Å²) in [4.78, 5) is 0. The van der Waals surface area contributed by atoms with E-state index in [0.29, 0.717) is 0 Å². The molecular weight excluding hydrogens is 169 g/mol. The quantitative estimate of drug-likeness (QED) is 0.484. The zero-order chi connectivity index (χ0) is 9.56. The van der Waals surface area contributed by atoms with Crippen molar-refractivity contribution in [2.45, 2.75) is 0 Å². The number of para-hydroxylation sites is 1. The van der Waals surface area contributed by atoms with Crippen LogP contribution in [-0.2, 0) is 0 Å². The smallest absolute Gasteiger partial charge is 0.432 e. The molecule has 66 valence electrons. The standard InChI is InChI=1S/C6H4F2O.BH3O2/c7-4-2-1-3-5(8)6(4)9;2-1-3/h1-3,9H;1-3H. The van der Waals surface area contributed by atoms with Crippen LogP contribution in [0.1, 0.15) is 0 Å². The molecule has 0 aliphatic carbocycles. The van der Waals surface area contributed by atoms with E-state index >= 15 is 0 Å². The molecule has 1 aromatic carbocycles. The van der Waals surface area contributed by atoms with Gasteiger partial charge >= 0.3 is 7.69 Å². The van der Waals surface area contributed by atoms with Crippen molar-refractivity contribution in [1.82, 2.24) is 0 Å². The van der Waals surface area contributed by atoms with Crippen LogP contribution in [0, 0.1) is 11.6 Å². The Balaban J connectivity index is 0.000000354. The molecule has 6 heteroatoms. The fraction of sp³-hybridized carbons (Fsp3) is 0. The summed E-state index contributed by atoms with van der Waals surface area (Å²) in [6, 6.07) is 3.15. The van der Waals surface area contributed by atoms with Gasteiger partial charge in [-0.15, -0.1) is 0 Å². The summed E-state index contributed by atoms with van der Waals surface area (Å²) in [6.45, 7) is 0. The Hall–Kier alpha value is -1.14. The van der Waals surface area contributed by atoms with Crippen molar-refractivity contribution in [2.24, 2.45) is 0 Å². The Morgan fingerprint density at radius 1 is 1.08 bits per heavy atom. The van der Waals surface area contributed by atoms with Crippen LogP contribution in [0.5, 0.6) is 5.75 Å². The van der Waals surface area contributed by atoms with E-state index in [-0.39, 0.29) is 0 Å². The first kappa shape index (κ1) is 10.9. The highest BCUT2D eigenvalue weighted by atomic mass is 19.1. The van der Waals surface area contributed by atoms with Gasteiger partial charge in [0.05, 0.1) is 0 Å². The van der Waals surface area contributed by atoms with Gasteiger partial charge < -0.3 is 15.2 Å². The fourth-order valence-corrected chi connectivity index (χ4v) is 0.489. The molecule has 0 heterocycles. The summed E-state index contributed by atoms with van der Waals surface area (Å²) in [6.07, 6.45) is 0. The highest BCUT2D eigenvalue weighted by Crippen LogP contribution is 2.17. The largest absolute Gasteiger partial charge is 0.503 e. The molecule has 0 fully saturated rings. The van der Waals surface area contributed by atoms with Crippen LogP contribution in [0.3, 0.4) is 0 Å². The molecular formula is C6H7BF2O3. The van der Waals surface area contributed by atoms with Crippen molar-refractivity contribution < 1.29 is 23.9 Å². The molecule has 0 aromatic heterocycles. The Kier molecular flexibility index (Phi) is 4.99. The van der Waals surface area contributed by atoms with Gasteiger partial charge in [0.1, 0.15) is 0 Å². The second-order valence-electron chi connectivity index (χ2n) is 1.71. The van der Waals surface area contributed by atoms with E-state index in [4.69, 9.17) is 15.2 Å². The minimum atomic E-state index is -0.935. The van der Waals surface area contributed by atoms with Gasteiger partial charge in [0, 0.05) is 0 Å². The van der Waals surface area contributed by atoms with Crippen LogP contribution in [0.4, 0.5) is 8.78 Å². The fourth-order valence-electron chi connectivity index (χ4n) is 0.489. The SMILES string of the molecule is OBO.Oc1c(F)cccc1F. The summed E-state index contributed by atoms with van der Waals surface area (Å²) < 4.78 is 24.2. The molecule has 0 aliphatic rings. The molecule has 1 aromatic rings. The summed E-state index contributed by atoms with van der Waals surface area (Å²) in [5.41, 5.74) is 0. The van der Waals surface area contributed by atoms with Crippen molar-refractivity contribution in [3.05, 3.63) is 29.8 Å². The lowest BCUT2D eigenvalue weighted by molar-refractivity contribution is 0.396. The molecule has 0 unspecified atom stereocenters. The first-order chi connectivity index (χ1) is 5.63. The van der Waals surface area contributed by atoms with Crippen LogP contribution in [0.2, 0.25) is 0 Å². The average Bonchev–Trinajstić information content (AvgIpc) is 2.02. The number of aromatic hydroxyl groups is 1. The van der Waals surface area contributed by atoms with E-state index in [2.05, 4.69) is 0 Å². The van der Waals surface area contributed by atoms with E-state index in [1.165, 1.54) is 6.07 Å². The molecule has 0 saturated heterocycles. The predicted molar refractivity (Wildman–Crippen MR) is 39.6 cm³/mol. The van der Waals surface area contributed by atoms with E-state index in [1.54, 1.807) is 0 Å².